The van der Waals surface area contributed by atoms with Crippen LogP contribution in [0.4, 0.5) is 4.39 Å². The number of aromatic nitrogens is 2. The van der Waals surface area contributed by atoms with E-state index in [4.69, 9.17) is 9.47 Å². The molecule has 6 heteroatoms. The second-order valence-electron chi connectivity index (χ2n) is 9.31. The van der Waals surface area contributed by atoms with Crippen LogP contribution in [0, 0.1) is 5.41 Å². The first-order chi connectivity index (χ1) is 13.1. The van der Waals surface area contributed by atoms with E-state index in [0.717, 1.165) is 12.2 Å². The summed E-state index contributed by atoms with van der Waals surface area (Å²) in [6, 6.07) is 9.51. The SMILES string of the molecule is CC(C)(C)CC(C)(C)c1ccc(OCC2Cn3c(CF)cc(=O)nc3O2)cc1. The van der Waals surface area contributed by atoms with Crippen LogP contribution < -0.4 is 15.0 Å². The fourth-order valence-corrected chi connectivity index (χ4v) is 4.02. The molecule has 1 atom stereocenters. The highest BCUT2D eigenvalue weighted by Gasteiger charge is 2.28. The van der Waals surface area contributed by atoms with Crippen LogP contribution in [0.3, 0.4) is 0 Å². The summed E-state index contributed by atoms with van der Waals surface area (Å²) >= 11 is 0. The minimum atomic E-state index is -0.729. The van der Waals surface area contributed by atoms with E-state index in [9.17, 15) is 9.18 Å². The normalized spacial score (nSPS) is 16.6. The summed E-state index contributed by atoms with van der Waals surface area (Å²) in [5, 5.41) is 0. The van der Waals surface area contributed by atoms with Crippen LogP contribution in [-0.2, 0) is 18.6 Å². The van der Waals surface area contributed by atoms with Crippen molar-refractivity contribution in [3.8, 4) is 11.8 Å². The number of ether oxygens (including phenoxy) is 2. The van der Waals surface area contributed by atoms with E-state index in [1.807, 2.05) is 12.1 Å². The largest absolute Gasteiger partial charge is 0.490 e. The van der Waals surface area contributed by atoms with Crippen molar-refractivity contribution in [2.45, 2.75) is 65.8 Å². The molecule has 1 aliphatic rings. The summed E-state index contributed by atoms with van der Waals surface area (Å²) in [7, 11) is 0. The summed E-state index contributed by atoms with van der Waals surface area (Å²) in [5.41, 5.74) is 1.39. The fraction of sp³-hybridized carbons (Fsp3) is 0.545. The van der Waals surface area contributed by atoms with Gasteiger partial charge in [-0.1, -0.05) is 46.8 Å². The van der Waals surface area contributed by atoms with Crippen LogP contribution in [0.15, 0.2) is 35.1 Å². The Labute approximate surface area is 165 Å². The van der Waals surface area contributed by atoms with E-state index in [1.54, 1.807) is 4.57 Å². The third-order valence-electron chi connectivity index (χ3n) is 4.91. The van der Waals surface area contributed by atoms with Crippen LogP contribution in [0.25, 0.3) is 0 Å². The van der Waals surface area contributed by atoms with Crippen LogP contribution in [0.5, 0.6) is 11.8 Å². The van der Waals surface area contributed by atoms with Crippen molar-refractivity contribution < 1.29 is 13.9 Å². The maximum Gasteiger partial charge on any atom is 0.300 e. The zero-order valence-electron chi connectivity index (χ0n) is 17.3. The number of hydrogen-bond donors (Lipinski definition) is 0. The van der Waals surface area contributed by atoms with Gasteiger partial charge < -0.3 is 9.47 Å². The Hall–Kier alpha value is -2.37. The summed E-state index contributed by atoms with van der Waals surface area (Å²) in [4.78, 5) is 15.3. The Morgan fingerprint density at radius 2 is 1.89 bits per heavy atom. The Bertz CT molecular complexity index is 882. The van der Waals surface area contributed by atoms with Crippen molar-refractivity contribution in [2.75, 3.05) is 6.61 Å². The average Bonchev–Trinajstić information content (AvgIpc) is 3.00. The molecule has 2 heterocycles. The van der Waals surface area contributed by atoms with Gasteiger partial charge >= 0.3 is 6.01 Å². The second kappa shape index (κ2) is 7.57. The van der Waals surface area contributed by atoms with Gasteiger partial charge in [0.05, 0.1) is 12.2 Å². The van der Waals surface area contributed by atoms with Crippen molar-refractivity contribution in [1.29, 1.82) is 0 Å². The van der Waals surface area contributed by atoms with Crippen LogP contribution in [0.2, 0.25) is 0 Å². The Balaban J connectivity index is 1.61. The zero-order valence-corrected chi connectivity index (χ0v) is 17.3. The number of fused-ring (bicyclic) bond motifs is 1. The molecule has 0 saturated carbocycles. The molecule has 1 aromatic heterocycles. The summed E-state index contributed by atoms with van der Waals surface area (Å²) in [5.74, 6) is 0.753. The molecule has 0 aliphatic carbocycles. The summed E-state index contributed by atoms with van der Waals surface area (Å²) in [6.07, 6.45) is 0.772. The molecule has 152 valence electrons. The number of alkyl halides is 1. The quantitative estimate of drug-likeness (QED) is 0.742. The lowest BCUT2D eigenvalue weighted by molar-refractivity contribution is 0.143. The second-order valence-corrected chi connectivity index (χ2v) is 9.31. The molecular weight excluding hydrogens is 359 g/mol. The topological polar surface area (TPSA) is 53.4 Å². The van der Waals surface area contributed by atoms with Gasteiger partial charge in [0.15, 0.2) is 6.10 Å². The van der Waals surface area contributed by atoms with Gasteiger partial charge in [-0.15, -0.1) is 0 Å². The molecule has 0 N–H and O–H groups in total. The minimum Gasteiger partial charge on any atom is -0.490 e. The Morgan fingerprint density at radius 1 is 1.21 bits per heavy atom. The van der Waals surface area contributed by atoms with Gasteiger partial charge in [-0.3, -0.25) is 9.36 Å². The van der Waals surface area contributed by atoms with Crippen LogP contribution in [-0.4, -0.2) is 22.3 Å². The maximum absolute atomic E-state index is 13.1. The standard InChI is InChI=1S/C22H29FN2O3/c1-21(2,3)14-22(4,5)15-6-8-17(9-7-15)27-13-18-12-25-16(11-23)10-19(26)24-20(25)28-18/h6-10,18H,11-14H2,1-5H3. The molecule has 1 unspecified atom stereocenters. The highest BCUT2D eigenvalue weighted by atomic mass is 19.1. The highest BCUT2D eigenvalue weighted by molar-refractivity contribution is 5.32. The van der Waals surface area contributed by atoms with Gasteiger partial charge in [0.25, 0.3) is 5.56 Å². The zero-order chi connectivity index (χ0) is 20.5. The molecular formula is C22H29FN2O3. The van der Waals surface area contributed by atoms with Gasteiger partial charge in [0.2, 0.25) is 0 Å². The fourth-order valence-electron chi connectivity index (χ4n) is 4.02. The van der Waals surface area contributed by atoms with Crippen molar-refractivity contribution in [1.82, 2.24) is 9.55 Å². The van der Waals surface area contributed by atoms with Crippen molar-refractivity contribution in [3.63, 3.8) is 0 Å². The van der Waals surface area contributed by atoms with Gasteiger partial charge in [0.1, 0.15) is 19.0 Å². The summed E-state index contributed by atoms with van der Waals surface area (Å²) in [6.45, 7) is 11.3. The molecule has 0 fully saturated rings. The molecule has 0 radical (unpaired) electrons. The molecule has 0 spiro atoms. The molecule has 1 aromatic carbocycles. The van der Waals surface area contributed by atoms with Gasteiger partial charge in [-0.05, 0) is 34.9 Å². The molecule has 5 nitrogen and oxygen atoms in total. The highest BCUT2D eigenvalue weighted by Crippen LogP contribution is 2.36. The lowest BCUT2D eigenvalue weighted by atomic mass is 9.72. The van der Waals surface area contributed by atoms with E-state index in [0.29, 0.717) is 13.2 Å². The lowest BCUT2D eigenvalue weighted by Crippen LogP contribution is -2.25. The first-order valence-electron chi connectivity index (χ1n) is 9.64. The Morgan fingerprint density at radius 3 is 2.50 bits per heavy atom. The number of benzene rings is 1. The first kappa shape index (κ1) is 20.4. The van der Waals surface area contributed by atoms with E-state index < -0.39 is 12.2 Å². The molecule has 1 aliphatic heterocycles. The minimum absolute atomic E-state index is 0.0775. The Kier molecular flexibility index (Phi) is 5.50. The molecule has 28 heavy (non-hydrogen) atoms. The number of rotatable bonds is 6. The smallest absolute Gasteiger partial charge is 0.300 e. The number of halogens is 1. The lowest BCUT2D eigenvalue weighted by Gasteiger charge is -2.33. The molecule has 2 aromatic rings. The third kappa shape index (κ3) is 4.72. The number of nitrogens with zero attached hydrogens (tertiary/aromatic N) is 2. The van der Waals surface area contributed by atoms with Gasteiger partial charge in [0, 0.05) is 6.07 Å². The van der Waals surface area contributed by atoms with E-state index in [2.05, 4.69) is 51.7 Å². The average molecular weight is 388 g/mol. The molecule has 0 amide bonds. The van der Waals surface area contributed by atoms with E-state index in [1.165, 1.54) is 11.6 Å². The summed E-state index contributed by atoms with van der Waals surface area (Å²) < 4.78 is 26.2. The van der Waals surface area contributed by atoms with Gasteiger partial charge in [-0.2, -0.15) is 4.98 Å². The van der Waals surface area contributed by atoms with E-state index in [-0.39, 0.29) is 28.6 Å². The molecule has 0 bridgehead atoms. The van der Waals surface area contributed by atoms with Crippen molar-refractivity contribution in [2.24, 2.45) is 5.41 Å². The number of hydrogen-bond acceptors (Lipinski definition) is 4. The van der Waals surface area contributed by atoms with E-state index >= 15 is 0 Å². The third-order valence-corrected chi connectivity index (χ3v) is 4.91. The maximum atomic E-state index is 13.1. The molecule has 0 saturated heterocycles. The molecule has 3 rings (SSSR count). The van der Waals surface area contributed by atoms with Gasteiger partial charge in [-0.25, -0.2) is 4.39 Å². The van der Waals surface area contributed by atoms with Crippen LogP contribution in [0.1, 0.15) is 52.3 Å². The van der Waals surface area contributed by atoms with Crippen LogP contribution >= 0.6 is 0 Å². The van der Waals surface area contributed by atoms with Crippen molar-refractivity contribution in [3.05, 3.63) is 51.9 Å². The van der Waals surface area contributed by atoms with Crippen molar-refractivity contribution >= 4 is 0 Å². The predicted octanol–water partition coefficient (Wildman–Crippen LogP) is 4.27. The predicted molar refractivity (Wildman–Crippen MR) is 107 cm³/mol. The first-order valence-corrected chi connectivity index (χ1v) is 9.64. The monoisotopic (exact) mass is 388 g/mol.